The number of benzene rings is 2. The maximum atomic E-state index is 12.4. The molecular weight excluding hydrogens is 376 g/mol. The summed E-state index contributed by atoms with van der Waals surface area (Å²) in [5, 5.41) is 0. The molecule has 0 fully saturated rings. The number of aromatic amines is 1. The Morgan fingerprint density at radius 2 is 1.75 bits per heavy atom. The molecule has 28 heavy (non-hydrogen) atoms. The first kappa shape index (κ1) is 19.8. The van der Waals surface area contributed by atoms with Crippen molar-refractivity contribution in [2.45, 2.75) is 24.7 Å². The molecule has 0 saturated carbocycles. The van der Waals surface area contributed by atoms with Gasteiger partial charge in [0.1, 0.15) is 0 Å². The average molecular weight is 398 g/mol. The van der Waals surface area contributed by atoms with Gasteiger partial charge in [-0.25, -0.2) is 18.1 Å². The SMILES string of the molecule is Cc1ccc(S(=O)(=O)NCCCc2c(-c3ccccc3)nc(N)[nH]c2=O)cc1. The van der Waals surface area contributed by atoms with Crippen LogP contribution in [-0.2, 0) is 16.4 Å². The number of nitrogens with one attached hydrogen (secondary N) is 2. The van der Waals surface area contributed by atoms with Gasteiger partial charge in [-0.1, -0.05) is 48.0 Å². The largest absolute Gasteiger partial charge is 0.369 e. The Hall–Kier alpha value is -2.97. The molecule has 3 rings (SSSR count). The van der Waals surface area contributed by atoms with Crippen molar-refractivity contribution < 1.29 is 8.42 Å². The molecule has 2 aromatic carbocycles. The number of anilines is 1. The van der Waals surface area contributed by atoms with E-state index in [1.54, 1.807) is 24.3 Å². The number of rotatable bonds is 7. The summed E-state index contributed by atoms with van der Waals surface area (Å²) in [7, 11) is -3.58. The Bertz CT molecular complexity index is 1110. The van der Waals surface area contributed by atoms with E-state index in [-0.39, 0.29) is 22.9 Å². The Morgan fingerprint density at radius 3 is 2.43 bits per heavy atom. The topological polar surface area (TPSA) is 118 Å². The predicted molar refractivity (Wildman–Crippen MR) is 109 cm³/mol. The molecule has 1 aromatic heterocycles. The van der Waals surface area contributed by atoms with Crippen molar-refractivity contribution in [1.82, 2.24) is 14.7 Å². The molecule has 0 unspecified atom stereocenters. The van der Waals surface area contributed by atoms with E-state index in [1.807, 2.05) is 37.3 Å². The van der Waals surface area contributed by atoms with Crippen LogP contribution in [0.1, 0.15) is 17.5 Å². The van der Waals surface area contributed by atoms with Gasteiger partial charge in [0, 0.05) is 17.7 Å². The summed E-state index contributed by atoms with van der Waals surface area (Å²) in [5.41, 5.74) is 8.16. The smallest absolute Gasteiger partial charge is 0.256 e. The van der Waals surface area contributed by atoms with E-state index in [4.69, 9.17) is 5.73 Å². The van der Waals surface area contributed by atoms with E-state index in [1.165, 1.54) is 0 Å². The number of aromatic nitrogens is 2. The van der Waals surface area contributed by atoms with Crippen LogP contribution < -0.4 is 16.0 Å². The molecule has 146 valence electrons. The number of H-pyrrole nitrogens is 1. The number of nitrogen functional groups attached to an aromatic ring is 1. The monoisotopic (exact) mass is 398 g/mol. The third kappa shape index (κ3) is 4.65. The van der Waals surface area contributed by atoms with Gasteiger partial charge in [-0.2, -0.15) is 0 Å². The van der Waals surface area contributed by atoms with Crippen LogP contribution in [0, 0.1) is 6.92 Å². The number of hydrogen-bond acceptors (Lipinski definition) is 5. The van der Waals surface area contributed by atoms with Crippen molar-refractivity contribution >= 4 is 16.0 Å². The van der Waals surface area contributed by atoms with Crippen LogP contribution in [0.2, 0.25) is 0 Å². The summed E-state index contributed by atoms with van der Waals surface area (Å²) in [4.78, 5) is 19.4. The first-order valence-electron chi connectivity index (χ1n) is 8.87. The van der Waals surface area contributed by atoms with Crippen molar-refractivity contribution in [3.05, 3.63) is 76.1 Å². The number of nitrogens with zero attached hydrogens (tertiary/aromatic N) is 1. The minimum atomic E-state index is -3.58. The van der Waals surface area contributed by atoms with Crippen LogP contribution in [0.5, 0.6) is 0 Å². The standard InChI is InChI=1S/C20H22N4O3S/c1-14-9-11-16(12-10-14)28(26,27)22-13-5-8-17-18(15-6-3-2-4-7-15)23-20(21)24-19(17)25/h2-4,6-7,9-12,22H,5,8,13H2,1H3,(H3,21,23,24,25). The molecule has 1 heterocycles. The maximum absolute atomic E-state index is 12.4. The first-order chi connectivity index (χ1) is 13.4. The third-order valence-corrected chi connectivity index (χ3v) is 5.78. The zero-order chi connectivity index (χ0) is 20.1. The van der Waals surface area contributed by atoms with Gasteiger partial charge >= 0.3 is 0 Å². The summed E-state index contributed by atoms with van der Waals surface area (Å²) < 4.78 is 27.3. The van der Waals surface area contributed by atoms with Crippen molar-refractivity contribution in [3.63, 3.8) is 0 Å². The second-order valence-corrected chi connectivity index (χ2v) is 8.23. The Balaban J connectivity index is 1.72. The Labute approximate surface area is 163 Å². The predicted octanol–water partition coefficient (Wildman–Crippen LogP) is 2.24. The number of aryl methyl sites for hydroxylation is 1. The zero-order valence-electron chi connectivity index (χ0n) is 15.5. The number of nitrogens with two attached hydrogens (primary N) is 1. The van der Waals surface area contributed by atoms with Crippen LogP contribution in [-0.4, -0.2) is 24.9 Å². The minimum absolute atomic E-state index is 0.0488. The molecule has 0 radical (unpaired) electrons. The van der Waals surface area contributed by atoms with Gasteiger partial charge in [-0.05, 0) is 31.9 Å². The lowest BCUT2D eigenvalue weighted by Crippen LogP contribution is -2.26. The molecule has 0 aliphatic rings. The summed E-state index contributed by atoms with van der Waals surface area (Å²) in [6.45, 7) is 2.10. The van der Waals surface area contributed by atoms with Gasteiger partial charge in [-0.15, -0.1) is 0 Å². The van der Waals surface area contributed by atoms with Crippen LogP contribution >= 0.6 is 0 Å². The molecule has 4 N–H and O–H groups in total. The van der Waals surface area contributed by atoms with Crippen molar-refractivity contribution in [1.29, 1.82) is 0 Å². The number of hydrogen-bond donors (Lipinski definition) is 3. The Morgan fingerprint density at radius 1 is 1.07 bits per heavy atom. The van der Waals surface area contributed by atoms with Crippen molar-refractivity contribution in [2.75, 3.05) is 12.3 Å². The van der Waals surface area contributed by atoms with E-state index in [0.717, 1.165) is 11.1 Å². The summed E-state index contributed by atoms with van der Waals surface area (Å²) in [6, 6.07) is 15.9. The second-order valence-electron chi connectivity index (χ2n) is 6.46. The minimum Gasteiger partial charge on any atom is -0.369 e. The molecule has 0 bridgehead atoms. The fraction of sp³-hybridized carbons (Fsp3) is 0.200. The van der Waals surface area contributed by atoms with Gasteiger partial charge < -0.3 is 5.73 Å². The first-order valence-corrected chi connectivity index (χ1v) is 10.4. The molecule has 8 heteroatoms. The van der Waals surface area contributed by atoms with Crippen molar-refractivity contribution in [2.24, 2.45) is 0 Å². The quantitative estimate of drug-likeness (QED) is 0.528. The van der Waals surface area contributed by atoms with E-state index in [9.17, 15) is 13.2 Å². The van der Waals surface area contributed by atoms with Gasteiger partial charge in [0.2, 0.25) is 16.0 Å². The molecule has 7 nitrogen and oxygen atoms in total. The molecule has 0 amide bonds. The highest BCUT2D eigenvalue weighted by atomic mass is 32.2. The van der Waals surface area contributed by atoms with E-state index in [2.05, 4.69) is 14.7 Å². The third-order valence-electron chi connectivity index (χ3n) is 4.31. The van der Waals surface area contributed by atoms with Gasteiger partial charge in [-0.3, -0.25) is 9.78 Å². The van der Waals surface area contributed by atoms with Crippen LogP contribution in [0.4, 0.5) is 5.95 Å². The fourth-order valence-corrected chi connectivity index (χ4v) is 3.93. The second kappa shape index (κ2) is 8.37. The maximum Gasteiger partial charge on any atom is 0.256 e. The summed E-state index contributed by atoms with van der Waals surface area (Å²) >= 11 is 0. The summed E-state index contributed by atoms with van der Waals surface area (Å²) in [6.07, 6.45) is 0.808. The van der Waals surface area contributed by atoms with E-state index in [0.29, 0.717) is 24.1 Å². The van der Waals surface area contributed by atoms with Gasteiger partial charge in [0.05, 0.1) is 10.6 Å². The molecule has 0 atom stereocenters. The molecule has 0 saturated heterocycles. The lowest BCUT2D eigenvalue weighted by atomic mass is 10.0. The van der Waals surface area contributed by atoms with E-state index < -0.39 is 10.0 Å². The lowest BCUT2D eigenvalue weighted by Gasteiger charge is -2.10. The van der Waals surface area contributed by atoms with Gasteiger partial charge in [0.25, 0.3) is 5.56 Å². The lowest BCUT2D eigenvalue weighted by molar-refractivity contribution is 0.579. The Kier molecular flexibility index (Phi) is 5.91. The van der Waals surface area contributed by atoms with Crippen LogP contribution in [0.3, 0.4) is 0 Å². The van der Waals surface area contributed by atoms with Crippen LogP contribution in [0.15, 0.2) is 64.3 Å². The zero-order valence-corrected chi connectivity index (χ0v) is 16.3. The fourth-order valence-electron chi connectivity index (χ4n) is 2.85. The van der Waals surface area contributed by atoms with E-state index >= 15 is 0 Å². The molecule has 0 spiro atoms. The molecule has 0 aliphatic carbocycles. The summed E-state index contributed by atoms with van der Waals surface area (Å²) in [5.74, 6) is 0.0488. The van der Waals surface area contributed by atoms with Crippen LogP contribution in [0.25, 0.3) is 11.3 Å². The number of sulfonamides is 1. The highest BCUT2D eigenvalue weighted by molar-refractivity contribution is 7.89. The highest BCUT2D eigenvalue weighted by Gasteiger charge is 2.15. The van der Waals surface area contributed by atoms with Crippen molar-refractivity contribution in [3.8, 4) is 11.3 Å². The average Bonchev–Trinajstić information content (AvgIpc) is 2.67. The highest BCUT2D eigenvalue weighted by Crippen LogP contribution is 2.20. The van der Waals surface area contributed by atoms with Gasteiger partial charge in [0.15, 0.2) is 0 Å². The molecule has 3 aromatic rings. The molecule has 0 aliphatic heterocycles. The normalized spacial score (nSPS) is 11.5. The molecular formula is C20H22N4O3S.